The third-order valence-electron chi connectivity index (χ3n) is 5.56. The van der Waals surface area contributed by atoms with Gasteiger partial charge in [-0.25, -0.2) is 0 Å². The van der Waals surface area contributed by atoms with Crippen LogP contribution in [0.25, 0.3) is 0 Å². The minimum atomic E-state index is -0.896. The highest BCUT2D eigenvalue weighted by atomic mass is 35.5. The molecule has 0 unspecified atom stereocenters. The van der Waals surface area contributed by atoms with E-state index in [1.54, 1.807) is 0 Å². The maximum Gasteiger partial charge on any atom is 0.0911 e. The number of hydrogen-bond donors (Lipinski definition) is 1. The second-order valence-corrected chi connectivity index (χ2v) is 15.4. The van der Waals surface area contributed by atoms with Crippen LogP contribution in [0.4, 0.5) is 11.4 Å². The van der Waals surface area contributed by atoms with Crippen LogP contribution in [-0.4, -0.2) is 77.4 Å². The number of anilines is 2. The minimum absolute atomic E-state index is 0. The van der Waals surface area contributed by atoms with Crippen LogP contribution in [0.15, 0.2) is 24.3 Å². The van der Waals surface area contributed by atoms with Gasteiger partial charge in [0.05, 0.1) is 27.2 Å². The predicted molar refractivity (Wildman–Crippen MR) is 119 cm³/mol. The van der Waals surface area contributed by atoms with E-state index in [1.807, 2.05) is 12.1 Å². The summed E-state index contributed by atoms with van der Waals surface area (Å²) in [5.74, 6) is 0. The summed E-state index contributed by atoms with van der Waals surface area (Å²) in [5.41, 5.74) is 7.98. The van der Waals surface area contributed by atoms with Crippen LogP contribution in [-0.2, 0) is 0 Å². The molecule has 6 heteroatoms. The molecule has 1 heterocycles. The van der Waals surface area contributed by atoms with Crippen LogP contribution < -0.4 is 23.0 Å². The number of likely N-dealkylation sites (N-methyl/N-ethyl adjacent to an activating group) is 1. The number of rotatable bonds is 8. The van der Waals surface area contributed by atoms with Crippen molar-refractivity contribution in [2.45, 2.75) is 38.5 Å². The number of benzene rings is 1. The fourth-order valence-corrected chi connectivity index (χ4v) is 4.92. The molecular formula is C21H41ClN4Si. The lowest BCUT2D eigenvalue weighted by Crippen LogP contribution is -3.00. The summed E-state index contributed by atoms with van der Waals surface area (Å²) in [6, 6.07) is 9.79. The molecule has 1 saturated heterocycles. The Morgan fingerprint density at radius 1 is 0.963 bits per heavy atom. The lowest BCUT2D eigenvalue weighted by Gasteiger charge is -2.33. The molecule has 1 aromatic carbocycles. The lowest BCUT2D eigenvalue weighted by atomic mass is 10.2. The van der Waals surface area contributed by atoms with Gasteiger partial charge in [0.2, 0.25) is 0 Å². The molecule has 1 aromatic rings. The molecule has 0 spiro atoms. The van der Waals surface area contributed by atoms with E-state index in [2.05, 4.69) is 55.7 Å². The summed E-state index contributed by atoms with van der Waals surface area (Å²) < 4.78 is 1.16. The Labute approximate surface area is 174 Å². The molecule has 1 fully saturated rings. The molecule has 0 aromatic heterocycles. The molecule has 0 radical (unpaired) electrons. The maximum atomic E-state index is 5.82. The monoisotopic (exact) mass is 412 g/mol. The molecule has 4 nitrogen and oxygen atoms in total. The summed E-state index contributed by atoms with van der Waals surface area (Å²) in [6.45, 7) is 15.9. The Hall–Kier alpha value is -0.753. The van der Waals surface area contributed by atoms with E-state index in [9.17, 15) is 0 Å². The summed E-state index contributed by atoms with van der Waals surface area (Å²) in [5, 5.41) is 0. The summed E-state index contributed by atoms with van der Waals surface area (Å²) in [6.07, 6.45) is 2.63. The van der Waals surface area contributed by atoms with E-state index < -0.39 is 8.07 Å². The molecule has 2 N–H and O–H groups in total. The van der Waals surface area contributed by atoms with Crippen molar-refractivity contribution in [1.82, 2.24) is 4.90 Å². The van der Waals surface area contributed by atoms with Gasteiger partial charge in [0.15, 0.2) is 0 Å². The highest BCUT2D eigenvalue weighted by Gasteiger charge is 2.21. The van der Waals surface area contributed by atoms with Crippen LogP contribution in [0.2, 0.25) is 25.7 Å². The van der Waals surface area contributed by atoms with Gasteiger partial charge in [-0.3, -0.25) is 4.90 Å². The highest BCUT2D eigenvalue weighted by Crippen LogP contribution is 2.18. The average Bonchev–Trinajstić information content (AvgIpc) is 2.78. The fourth-order valence-electron chi connectivity index (χ4n) is 3.70. The van der Waals surface area contributed by atoms with Crippen molar-refractivity contribution < 1.29 is 16.9 Å². The molecule has 1 aliphatic rings. The Kier molecular flexibility index (Phi) is 9.62. The van der Waals surface area contributed by atoms with E-state index in [-0.39, 0.29) is 12.4 Å². The molecule has 156 valence electrons. The van der Waals surface area contributed by atoms with Crippen LogP contribution in [0, 0.1) is 0 Å². The van der Waals surface area contributed by atoms with E-state index in [4.69, 9.17) is 5.73 Å². The summed E-state index contributed by atoms with van der Waals surface area (Å²) in [4.78, 5) is 5.17. The molecule has 0 amide bonds. The summed E-state index contributed by atoms with van der Waals surface area (Å²) in [7, 11) is 3.91. The van der Waals surface area contributed by atoms with E-state index in [1.165, 1.54) is 57.3 Å². The van der Waals surface area contributed by atoms with Crippen LogP contribution in [0.3, 0.4) is 0 Å². The standard InChI is InChI=1S/C21H41N4Si.ClH/c1-25(2,17-7-19-26(3,4)5)18-16-23-12-6-13-24(15-14-23)21-10-8-20(22)9-11-21;/h8-11H,6-7,12-19,22H2,1-5H3;1H/q+1;/p-1. The van der Waals surface area contributed by atoms with Crippen molar-refractivity contribution in [2.75, 3.05) is 70.5 Å². The van der Waals surface area contributed by atoms with Crippen molar-refractivity contribution in [3.8, 4) is 0 Å². The van der Waals surface area contributed by atoms with Crippen molar-refractivity contribution in [3.05, 3.63) is 24.3 Å². The van der Waals surface area contributed by atoms with Crippen LogP contribution in [0.5, 0.6) is 0 Å². The smallest absolute Gasteiger partial charge is 0.0911 e. The van der Waals surface area contributed by atoms with Gasteiger partial charge in [-0.2, -0.15) is 0 Å². The number of quaternary nitrogens is 1. The van der Waals surface area contributed by atoms with E-state index in [0.29, 0.717) is 0 Å². The Bertz CT molecular complexity index is 542. The van der Waals surface area contributed by atoms with Crippen LogP contribution >= 0.6 is 0 Å². The zero-order chi connectivity index (χ0) is 19.2. The van der Waals surface area contributed by atoms with Gasteiger partial charge in [-0.05, 0) is 37.1 Å². The average molecular weight is 413 g/mol. The molecule has 27 heavy (non-hydrogen) atoms. The molecule has 0 bridgehead atoms. The van der Waals surface area contributed by atoms with Crippen molar-refractivity contribution in [1.29, 1.82) is 0 Å². The first-order valence-corrected chi connectivity index (χ1v) is 14.0. The van der Waals surface area contributed by atoms with E-state index in [0.717, 1.165) is 23.3 Å². The number of nitrogen functional groups attached to an aromatic ring is 1. The maximum absolute atomic E-state index is 5.82. The number of nitrogens with zero attached hydrogens (tertiary/aromatic N) is 3. The summed E-state index contributed by atoms with van der Waals surface area (Å²) >= 11 is 0. The van der Waals surface area contributed by atoms with Gasteiger partial charge in [0.25, 0.3) is 0 Å². The van der Waals surface area contributed by atoms with Crippen molar-refractivity contribution in [3.63, 3.8) is 0 Å². The topological polar surface area (TPSA) is 32.5 Å². The molecule has 2 rings (SSSR count). The van der Waals surface area contributed by atoms with E-state index >= 15 is 0 Å². The first kappa shape index (κ1) is 24.3. The Morgan fingerprint density at radius 3 is 2.26 bits per heavy atom. The lowest BCUT2D eigenvalue weighted by molar-refractivity contribution is -0.889. The van der Waals surface area contributed by atoms with Gasteiger partial charge in [0.1, 0.15) is 0 Å². The fraction of sp³-hybridized carbons (Fsp3) is 0.714. The SMILES string of the molecule is C[N+](C)(CCC[Si](C)(C)C)CCN1CCCN(c2ccc(N)cc2)CC1.[Cl-]. The Morgan fingerprint density at radius 2 is 1.63 bits per heavy atom. The predicted octanol–water partition coefficient (Wildman–Crippen LogP) is 0.590. The number of halogens is 1. The third kappa shape index (κ3) is 9.33. The van der Waals surface area contributed by atoms with Crippen LogP contribution in [0.1, 0.15) is 12.8 Å². The molecule has 0 atom stereocenters. The second kappa shape index (κ2) is 10.7. The third-order valence-corrected chi connectivity index (χ3v) is 7.41. The molecule has 0 saturated carbocycles. The first-order valence-electron chi connectivity index (χ1n) is 10.3. The van der Waals surface area contributed by atoms with Crippen molar-refractivity contribution >= 4 is 19.4 Å². The first-order chi connectivity index (χ1) is 12.1. The van der Waals surface area contributed by atoms with Crippen molar-refractivity contribution in [2.24, 2.45) is 0 Å². The zero-order valence-corrected chi connectivity index (χ0v) is 19.9. The molecule has 0 aliphatic carbocycles. The second-order valence-electron chi connectivity index (χ2n) is 9.82. The molecular weight excluding hydrogens is 372 g/mol. The largest absolute Gasteiger partial charge is 1.00 e. The highest BCUT2D eigenvalue weighted by molar-refractivity contribution is 6.76. The Balaban J connectivity index is 0.00000364. The quantitative estimate of drug-likeness (QED) is 0.385. The normalized spacial score (nSPS) is 16.7. The van der Waals surface area contributed by atoms with Gasteiger partial charge in [0, 0.05) is 52.2 Å². The van der Waals surface area contributed by atoms with Gasteiger partial charge < -0.3 is 27.5 Å². The number of hydrogen-bond acceptors (Lipinski definition) is 3. The molecule has 1 aliphatic heterocycles. The van der Waals surface area contributed by atoms with Gasteiger partial charge in [-0.15, -0.1) is 0 Å². The minimum Gasteiger partial charge on any atom is -1.00 e. The number of nitrogens with two attached hydrogens (primary N) is 1. The van der Waals surface area contributed by atoms with Gasteiger partial charge >= 0.3 is 0 Å². The van der Waals surface area contributed by atoms with Gasteiger partial charge in [-0.1, -0.05) is 25.7 Å². The zero-order valence-electron chi connectivity index (χ0n) is 18.2.